The van der Waals surface area contributed by atoms with Crippen LogP contribution in [0.15, 0.2) is 48.5 Å². The summed E-state index contributed by atoms with van der Waals surface area (Å²) in [6.07, 6.45) is 0. The molecule has 0 bridgehead atoms. The third-order valence-corrected chi connectivity index (χ3v) is 3.70. The lowest BCUT2D eigenvalue weighted by molar-refractivity contribution is 1.37. The summed E-state index contributed by atoms with van der Waals surface area (Å²) in [6.45, 7) is 1.96. The number of hydrogen-bond donors (Lipinski definition) is 1. The summed E-state index contributed by atoms with van der Waals surface area (Å²) in [5.74, 6) is 0.532. The molecule has 94 valence electrons. The average molecular weight is 269 g/mol. The van der Waals surface area contributed by atoms with Crippen LogP contribution in [0, 0.1) is 6.92 Å². The second-order valence-electron chi connectivity index (χ2n) is 4.53. The first-order chi connectivity index (χ1) is 9.16. The van der Waals surface area contributed by atoms with Crippen molar-refractivity contribution in [3.8, 4) is 11.1 Å². The molecule has 0 amide bonds. The molecule has 1 aromatic heterocycles. The zero-order valence-corrected chi connectivity index (χ0v) is 11.3. The van der Waals surface area contributed by atoms with Gasteiger partial charge >= 0.3 is 0 Å². The second kappa shape index (κ2) is 4.56. The van der Waals surface area contributed by atoms with E-state index in [1.54, 1.807) is 0 Å². The summed E-state index contributed by atoms with van der Waals surface area (Å²) in [5, 5.41) is 1.77. The Labute approximate surface area is 116 Å². The number of halogens is 1. The molecule has 0 radical (unpaired) electrons. The van der Waals surface area contributed by atoms with Crippen LogP contribution in [0.2, 0.25) is 5.02 Å². The standard InChI is InChI=1S/C16H13ClN2/c1-10-14(17)8-7-12-9-13(16(18)19-15(10)12)11-5-3-2-4-6-11/h2-9H,1H3,(H2,18,19). The molecule has 0 saturated heterocycles. The van der Waals surface area contributed by atoms with E-state index in [-0.39, 0.29) is 0 Å². The molecule has 0 aliphatic heterocycles. The molecule has 1 heterocycles. The van der Waals surface area contributed by atoms with Crippen LogP contribution in [-0.4, -0.2) is 4.98 Å². The summed E-state index contributed by atoms with van der Waals surface area (Å²) in [5.41, 5.74) is 9.94. The van der Waals surface area contributed by atoms with Crippen molar-refractivity contribution in [2.75, 3.05) is 5.73 Å². The lowest BCUT2D eigenvalue weighted by atomic mass is 10.0. The SMILES string of the molecule is Cc1c(Cl)ccc2cc(-c3ccccc3)c(N)nc12. The third-order valence-electron chi connectivity index (χ3n) is 3.29. The fourth-order valence-corrected chi connectivity index (χ4v) is 2.37. The monoisotopic (exact) mass is 268 g/mol. The van der Waals surface area contributed by atoms with Gasteiger partial charge in [-0.15, -0.1) is 0 Å². The Morgan fingerprint density at radius 1 is 1.05 bits per heavy atom. The fourth-order valence-electron chi connectivity index (χ4n) is 2.22. The number of pyridine rings is 1. The molecule has 3 rings (SSSR count). The number of nitrogen functional groups attached to an aromatic ring is 1. The molecule has 2 N–H and O–H groups in total. The maximum atomic E-state index is 6.12. The second-order valence-corrected chi connectivity index (χ2v) is 4.94. The van der Waals surface area contributed by atoms with Crippen LogP contribution in [0.1, 0.15) is 5.56 Å². The molecule has 0 aliphatic rings. The van der Waals surface area contributed by atoms with Gasteiger partial charge < -0.3 is 5.73 Å². The predicted molar refractivity (Wildman–Crippen MR) is 81.3 cm³/mol. The zero-order valence-electron chi connectivity index (χ0n) is 10.5. The van der Waals surface area contributed by atoms with E-state index in [9.17, 15) is 0 Å². The van der Waals surface area contributed by atoms with Crippen LogP contribution in [0.5, 0.6) is 0 Å². The number of aryl methyl sites for hydroxylation is 1. The minimum absolute atomic E-state index is 0.532. The van der Waals surface area contributed by atoms with Crippen LogP contribution in [0.3, 0.4) is 0 Å². The van der Waals surface area contributed by atoms with Gasteiger partial charge in [0.15, 0.2) is 0 Å². The van der Waals surface area contributed by atoms with Gasteiger partial charge in [-0.3, -0.25) is 0 Å². The Morgan fingerprint density at radius 2 is 1.79 bits per heavy atom. The van der Waals surface area contributed by atoms with Crippen molar-refractivity contribution in [2.45, 2.75) is 6.92 Å². The van der Waals surface area contributed by atoms with E-state index >= 15 is 0 Å². The highest BCUT2D eigenvalue weighted by Gasteiger charge is 2.09. The smallest absolute Gasteiger partial charge is 0.132 e. The van der Waals surface area contributed by atoms with Crippen molar-refractivity contribution in [1.82, 2.24) is 4.98 Å². The molecule has 2 aromatic carbocycles. The molecule has 0 aliphatic carbocycles. The predicted octanol–water partition coefficient (Wildman–Crippen LogP) is 4.45. The molecular formula is C16H13ClN2. The van der Waals surface area contributed by atoms with Crippen LogP contribution in [0.4, 0.5) is 5.82 Å². The topological polar surface area (TPSA) is 38.9 Å². The van der Waals surface area contributed by atoms with Crippen LogP contribution in [-0.2, 0) is 0 Å². The van der Waals surface area contributed by atoms with Gasteiger partial charge in [0.05, 0.1) is 5.52 Å². The van der Waals surface area contributed by atoms with Crippen molar-refractivity contribution in [3.63, 3.8) is 0 Å². The van der Waals surface area contributed by atoms with E-state index in [0.29, 0.717) is 10.8 Å². The summed E-state index contributed by atoms with van der Waals surface area (Å²) in [4.78, 5) is 4.51. The van der Waals surface area contributed by atoms with Gasteiger partial charge in [0.2, 0.25) is 0 Å². The van der Waals surface area contributed by atoms with E-state index in [2.05, 4.69) is 11.1 Å². The summed E-state index contributed by atoms with van der Waals surface area (Å²) in [6, 6.07) is 16.0. The Morgan fingerprint density at radius 3 is 2.53 bits per heavy atom. The largest absolute Gasteiger partial charge is 0.383 e. The van der Waals surface area contributed by atoms with Gasteiger partial charge in [0.25, 0.3) is 0 Å². The molecule has 0 unspecified atom stereocenters. The molecule has 0 spiro atoms. The molecular weight excluding hydrogens is 256 g/mol. The highest BCUT2D eigenvalue weighted by Crippen LogP contribution is 2.31. The number of aromatic nitrogens is 1. The Kier molecular flexibility index (Phi) is 2.88. The number of rotatable bonds is 1. The quantitative estimate of drug-likeness (QED) is 0.708. The van der Waals surface area contributed by atoms with E-state index in [1.165, 1.54) is 0 Å². The van der Waals surface area contributed by atoms with Crippen molar-refractivity contribution in [2.24, 2.45) is 0 Å². The Hall–Kier alpha value is -2.06. The third kappa shape index (κ3) is 2.04. The normalized spacial score (nSPS) is 10.8. The first-order valence-corrected chi connectivity index (χ1v) is 6.45. The molecule has 3 aromatic rings. The molecule has 0 fully saturated rings. The zero-order chi connectivity index (χ0) is 13.4. The lowest BCUT2D eigenvalue weighted by Gasteiger charge is -2.09. The summed E-state index contributed by atoms with van der Waals surface area (Å²) in [7, 11) is 0. The highest BCUT2D eigenvalue weighted by atomic mass is 35.5. The number of fused-ring (bicyclic) bond motifs is 1. The number of nitrogens with two attached hydrogens (primary N) is 1. The van der Waals surface area contributed by atoms with E-state index in [1.807, 2.05) is 49.4 Å². The number of nitrogens with zero attached hydrogens (tertiary/aromatic N) is 1. The van der Waals surface area contributed by atoms with Gasteiger partial charge in [0.1, 0.15) is 5.82 Å². The maximum Gasteiger partial charge on any atom is 0.132 e. The van der Waals surface area contributed by atoms with E-state index in [0.717, 1.165) is 27.6 Å². The number of hydrogen-bond acceptors (Lipinski definition) is 2. The maximum absolute atomic E-state index is 6.12. The molecule has 2 nitrogen and oxygen atoms in total. The highest BCUT2D eigenvalue weighted by molar-refractivity contribution is 6.32. The van der Waals surface area contributed by atoms with Crippen molar-refractivity contribution < 1.29 is 0 Å². The van der Waals surface area contributed by atoms with Gasteiger partial charge in [-0.2, -0.15) is 0 Å². The van der Waals surface area contributed by atoms with Gasteiger partial charge in [0, 0.05) is 16.0 Å². The summed E-state index contributed by atoms with van der Waals surface area (Å²) >= 11 is 6.12. The Bertz CT molecular complexity index is 752. The minimum atomic E-state index is 0.532. The number of benzene rings is 2. The lowest BCUT2D eigenvalue weighted by Crippen LogP contribution is -1.96. The van der Waals surface area contributed by atoms with Gasteiger partial charge in [-0.25, -0.2) is 4.98 Å². The minimum Gasteiger partial charge on any atom is -0.383 e. The molecule has 0 atom stereocenters. The van der Waals surface area contributed by atoms with Crippen LogP contribution in [0.25, 0.3) is 22.0 Å². The molecule has 0 saturated carbocycles. The van der Waals surface area contributed by atoms with E-state index < -0.39 is 0 Å². The molecule has 19 heavy (non-hydrogen) atoms. The van der Waals surface area contributed by atoms with Crippen molar-refractivity contribution >= 4 is 28.3 Å². The summed E-state index contributed by atoms with van der Waals surface area (Å²) < 4.78 is 0. The van der Waals surface area contributed by atoms with Crippen LogP contribution >= 0.6 is 11.6 Å². The first-order valence-electron chi connectivity index (χ1n) is 6.07. The van der Waals surface area contributed by atoms with E-state index in [4.69, 9.17) is 17.3 Å². The van der Waals surface area contributed by atoms with Crippen molar-refractivity contribution in [1.29, 1.82) is 0 Å². The molecule has 3 heteroatoms. The Balaban J connectivity index is 2.30. The van der Waals surface area contributed by atoms with Crippen LogP contribution < -0.4 is 5.73 Å². The average Bonchev–Trinajstić information content (AvgIpc) is 2.44. The first kappa shape index (κ1) is 12.0. The number of anilines is 1. The fraction of sp³-hybridized carbons (Fsp3) is 0.0625. The van der Waals surface area contributed by atoms with Gasteiger partial charge in [-0.05, 0) is 30.2 Å². The van der Waals surface area contributed by atoms with Crippen molar-refractivity contribution in [3.05, 3.63) is 59.1 Å². The van der Waals surface area contributed by atoms with Gasteiger partial charge in [-0.1, -0.05) is 48.0 Å².